The predicted octanol–water partition coefficient (Wildman–Crippen LogP) is 4.36. The van der Waals surface area contributed by atoms with Gasteiger partial charge in [0, 0.05) is 5.39 Å². The summed E-state index contributed by atoms with van der Waals surface area (Å²) in [6.45, 7) is 0. The SMILES string of the molecule is O=c1[nH]c(-c2cc3ccccc3o2)nc2ccc(C(F)(F)F)cc12. The lowest BCUT2D eigenvalue weighted by Crippen LogP contribution is -2.12. The maximum atomic E-state index is 12.8. The number of halogens is 3. The van der Waals surface area contributed by atoms with Crippen LogP contribution < -0.4 is 5.56 Å². The highest BCUT2D eigenvalue weighted by atomic mass is 19.4. The van der Waals surface area contributed by atoms with Gasteiger partial charge < -0.3 is 9.40 Å². The molecular weight excluding hydrogens is 321 g/mol. The summed E-state index contributed by atoms with van der Waals surface area (Å²) in [5.74, 6) is 0.513. The number of rotatable bonds is 1. The van der Waals surface area contributed by atoms with Gasteiger partial charge in [0.05, 0.1) is 16.5 Å². The van der Waals surface area contributed by atoms with Crippen molar-refractivity contribution in [3.8, 4) is 11.6 Å². The Hall–Kier alpha value is -3.09. The third-order valence-corrected chi connectivity index (χ3v) is 3.69. The molecule has 120 valence electrons. The van der Waals surface area contributed by atoms with Crippen molar-refractivity contribution in [2.45, 2.75) is 6.18 Å². The van der Waals surface area contributed by atoms with Crippen LogP contribution in [0.5, 0.6) is 0 Å². The Labute approximate surface area is 132 Å². The number of fused-ring (bicyclic) bond motifs is 2. The molecule has 0 saturated carbocycles. The highest BCUT2D eigenvalue weighted by Crippen LogP contribution is 2.31. The van der Waals surface area contributed by atoms with Crippen molar-refractivity contribution in [1.82, 2.24) is 9.97 Å². The zero-order valence-corrected chi connectivity index (χ0v) is 12.0. The van der Waals surface area contributed by atoms with E-state index in [1.54, 1.807) is 12.1 Å². The Morgan fingerprint density at radius 1 is 1.04 bits per heavy atom. The standard InChI is InChI=1S/C17H9F3N2O2/c18-17(19,20)10-5-6-12-11(8-10)16(23)22-15(21-12)14-7-9-3-1-2-4-13(9)24-14/h1-8H,(H,21,22,23). The molecule has 0 spiro atoms. The van der Waals surface area contributed by atoms with E-state index in [4.69, 9.17) is 4.42 Å². The second kappa shape index (κ2) is 4.95. The monoisotopic (exact) mass is 330 g/mol. The molecule has 0 fully saturated rings. The summed E-state index contributed by atoms with van der Waals surface area (Å²) in [5.41, 5.74) is -0.745. The number of nitrogens with one attached hydrogen (secondary N) is 1. The second-order valence-electron chi connectivity index (χ2n) is 5.29. The third kappa shape index (κ3) is 2.34. The van der Waals surface area contributed by atoms with E-state index in [1.165, 1.54) is 6.07 Å². The number of nitrogens with zero attached hydrogens (tertiary/aromatic N) is 1. The molecule has 0 bridgehead atoms. The van der Waals surface area contributed by atoms with E-state index in [9.17, 15) is 18.0 Å². The number of para-hydroxylation sites is 1. The van der Waals surface area contributed by atoms with E-state index < -0.39 is 17.3 Å². The van der Waals surface area contributed by atoms with E-state index in [1.807, 2.05) is 18.2 Å². The molecular formula is C17H9F3N2O2. The number of alkyl halides is 3. The second-order valence-corrected chi connectivity index (χ2v) is 5.29. The molecule has 24 heavy (non-hydrogen) atoms. The first kappa shape index (κ1) is 14.5. The first-order valence-corrected chi connectivity index (χ1v) is 7.02. The lowest BCUT2D eigenvalue weighted by atomic mass is 10.1. The fraction of sp³-hybridized carbons (Fsp3) is 0.0588. The smallest absolute Gasteiger partial charge is 0.416 e. The summed E-state index contributed by atoms with van der Waals surface area (Å²) < 4.78 is 43.9. The van der Waals surface area contributed by atoms with Crippen molar-refractivity contribution >= 4 is 21.9 Å². The van der Waals surface area contributed by atoms with Crippen LogP contribution in [0, 0.1) is 0 Å². The quantitative estimate of drug-likeness (QED) is 0.564. The van der Waals surface area contributed by atoms with Gasteiger partial charge in [-0.3, -0.25) is 4.79 Å². The van der Waals surface area contributed by atoms with E-state index in [-0.39, 0.29) is 16.7 Å². The molecule has 4 aromatic rings. The molecule has 4 rings (SSSR count). The molecule has 1 N–H and O–H groups in total. The van der Waals surface area contributed by atoms with Crippen LogP contribution in [-0.2, 0) is 6.18 Å². The molecule has 0 aliphatic rings. The summed E-state index contributed by atoms with van der Waals surface area (Å²) in [7, 11) is 0. The largest absolute Gasteiger partial charge is 0.453 e. The van der Waals surface area contributed by atoms with Gasteiger partial charge in [-0.2, -0.15) is 13.2 Å². The lowest BCUT2D eigenvalue weighted by molar-refractivity contribution is -0.137. The molecule has 0 amide bonds. The zero-order chi connectivity index (χ0) is 16.9. The van der Waals surface area contributed by atoms with Crippen molar-refractivity contribution in [1.29, 1.82) is 0 Å². The van der Waals surface area contributed by atoms with Gasteiger partial charge in [-0.15, -0.1) is 0 Å². The van der Waals surface area contributed by atoms with E-state index in [0.29, 0.717) is 11.3 Å². The van der Waals surface area contributed by atoms with Gasteiger partial charge in [0.25, 0.3) is 5.56 Å². The molecule has 7 heteroatoms. The highest BCUT2D eigenvalue weighted by molar-refractivity contribution is 5.83. The minimum Gasteiger partial charge on any atom is -0.453 e. The van der Waals surface area contributed by atoms with Gasteiger partial charge in [-0.25, -0.2) is 4.98 Å². The van der Waals surface area contributed by atoms with E-state index >= 15 is 0 Å². The van der Waals surface area contributed by atoms with Crippen molar-refractivity contribution in [2.75, 3.05) is 0 Å². The lowest BCUT2D eigenvalue weighted by Gasteiger charge is -2.07. The molecule has 2 heterocycles. The van der Waals surface area contributed by atoms with Gasteiger partial charge in [0.2, 0.25) is 0 Å². The van der Waals surface area contributed by atoms with Crippen LogP contribution in [-0.4, -0.2) is 9.97 Å². The molecule has 2 aromatic heterocycles. The minimum atomic E-state index is -4.52. The Balaban J connectivity index is 1.90. The molecule has 0 aliphatic heterocycles. The molecule has 4 nitrogen and oxygen atoms in total. The Morgan fingerprint density at radius 3 is 2.58 bits per heavy atom. The molecule has 0 saturated heterocycles. The molecule has 0 unspecified atom stereocenters. The molecule has 0 radical (unpaired) electrons. The van der Waals surface area contributed by atoms with E-state index in [0.717, 1.165) is 17.5 Å². The van der Waals surface area contributed by atoms with Crippen LogP contribution in [0.15, 0.2) is 57.7 Å². The first-order valence-electron chi connectivity index (χ1n) is 7.02. The Kier molecular flexibility index (Phi) is 2.99. The van der Waals surface area contributed by atoms with Crippen molar-refractivity contribution in [3.63, 3.8) is 0 Å². The fourth-order valence-corrected chi connectivity index (χ4v) is 2.53. The highest BCUT2D eigenvalue weighted by Gasteiger charge is 2.30. The summed E-state index contributed by atoms with van der Waals surface area (Å²) in [6, 6.07) is 11.9. The van der Waals surface area contributed by atoms with Crippen LogP contribution >= 0.6 is 0 Å². The van der Waals surface area contributed by atoms with Crippen LogP contribution in [0.2, 0.25) is 0 Å². The average Bonchev–Trinajstić information content (AvgIpc) is 2.97. The van der Waals surface area contributed by atoms with Gasteiger partial charge in [0.15, 0.2) is 11.6 Å². The first-order chi connectivity index (χ1) is 11.4. The number of benzene rings is 2. The van der Waals surface area contributed by atoms with Crippen LogP contribution in [0.3, 0.4) is 0 Å². The number of H-pyrrole nitrogens is 1. The Bertz CT molecular complexity index is 1090. The minimum absolute atomic E-state index is 0.121. The van der Waals surface area contributed by atoms with Gasteiger partial charge in [-0.1, -0.05) is 18.2 Å². The summed E-state index contributed by atoms with van der Waals surface area (Å²) >= 11 is 0. The van der Waals surface area contributed by atoms with Crippen molar-refractivity contribution in [3.05, 3.63) is 64.4 Å². The number of hydrogen-bond donors (Lipinski definition) is 1. The average molecular weight is 330 g/mol. The zero-order valence-electron chi connectivity index (χ0n) is 12.0. The topological polar surface area (TPSA) is 58.9 Å². The molecule has 2 aromatic carbocycles. The normalized spacial score (nSPS) is 12.1. The fourth-order valence-electron chi connectivity index (χ4n) is 2.53. The predicted molar refractivity (Wildman–Crippen MR) is 82.6 cm³/mol. The Morgan fingerprint density at radius 2 is 1.83 bits per heavy atom. The van der Waals surface area contributed by atoms with Crippen LogP contribution in [0.1, 0.15) is 5.56 Å². The number of hydrogen-bond acceptors (Lipinski definition) is 3. The van der Waals surface area contributed by atoms with Crippen molar-refractivity contribution in [2.24, 2.45) is 0 Å². The number of aromatic amines is 1. The van der Waals surface area contributed by atoms with Gasteiger partial charge in [0.1, 0.15) is 5.58 Å². The van der Waals surface area contributed by atoms with Crippen molar-refractivity contribution < 1.29 is 17.6 Å². The van der Waals surface area contributed by atoms with E-state index in [2.05, 4.69) is 9.97 Å². The number of furan rings is 1. The third-order valence-electron chi connectivity index (χ3n) is 3.69. The summed E-state index contributed by atoms with van der Waals surface area (Å²) in [6.07, 6.45) is -4.52. The van der Waals surface area contributed by atoms with Gasteiger partial charge in [-0.05, 0) is 30.3 Å². The number of aromatic nitrogens is 2. The summed E-state index contributed by atoms with van der Waals surface area (Å²) in [5, 5.41) is 0.715. The maximum Gasteiger partial charge on any atom is 0.416 e. The van der Waals surface area contributed by atoms with Crippen LogP contribution in [0.25, 0.3) is 33.5 Å². The summed E-state index contributed by atoms with van der Waals surface area (Å²) in [4.78, 5) is 18.8. The molecule has 0 aliphatic carbocycles. The molecule has 0 atom stereocenters. The van der Waals surface area contributed by atoms with Crippen LogP contribution in [0.4, 0.5) is 13.2 Å². The van der Waals surface area contributed by atoms with Gasteiger partial charge >= 0.3 is 6.18 Å². The maximum absolute atomic E-state index is 12.8.